The molecule has 0 saturated heterocycles. The van der Waals surface area contributed by atoms with Gasteiger partial charge in [-0.05, 0) is 0 Å². The van der Waals surface area contributed by atoms with Crippen molar-refractivity contribution in [1.82, 2.24) is 0 Å². The molecule has 0 rings (SSSR count). The van der Waals surface area contributed by atoms with Gasteiger partial charge in [0.15, 0.2) is 3.79 Å². The van der Waals surface area contributed by atoms with E-state index in [-0.39, 0.29) is 12.5 Å². The zero-order chi connectivity index (χ0) is 12.7. The van der Waals surface area contributed by atoms with Crippen LogP contribution < -0.4 is 0 Å². The Bertz CT molecular complexity index is 182. The topological polar surface area (TPSA) is 0 Å². The second kappa shape index (κ2) is 8.37. The van der Waals surface area contributed by atoms with Gasteiger partial charge in [0, 0.05) is 18.0 Å². The van der Waals surface area contributed by atoms with E-state index in [0.717, 1.165) is 0 Å². The minimum absolute atomic E-state index is 0.0471. The molecule has 0 aliphatic rings. The van der Waals surface area contributed by atoms with E-state index in [4.69, 9.17) is 58.0 Å². The van der Waals surface area contributed by atoms with Crippen LogP contribution in [0.2, 0.25) is 0 Å². The molecule has 0 aromatic heterocycles. The summed E-state index contributed by atoms with van der Waals surface area (Å²) in [6.07, 6.45) is -4.16. The van der Waals surface area contributed by atoms with Gasteiger partial charge < -0.3 is 0 Å². The molecule has 0 aromatic carbocycles. The molecule has 9 heteroatoms. The molecule has 0 nitrogen and oxygen atoms in total. The van der Waals surface area contributed by atoms with Gasteiger partial charge in [0.2, 0.25) is 0 Å². The van der Waals surface area contributed by atoms with Gasteiger partial charge in [-0.15, -0.1) is 23.2 Å². The summed E-state index contributed by atoms with van der Waals surface area (Å²) in [5, 5.41) is 0. The smallest absolute Gasteiger partial charge is 0.167 e. The zero-order valence-electron chi connectivity index (χ0n) is 6.84. The van der Waals surface area contributed by atoms with Crippen molar-refractivity contribution < 1.29 is 13.2 Å². The van der Waals surface area contributed by atoms with E-state index in [1.807, 2.05) is 0 Å². The molecule has 15 heavy (non-hydrogen) atoms. The highest BCUT2D eigenvalue weighted by Crippen LogP contribution is 2.33. The second-order valence-electron chi connectivity index (χ2n) is 2.04. The summed E-state index contributed by atoms with van der Waals surface area (Å²) in [6.45, 7) is 0. The Labute approximate surface area is 115 Å². The van der Waals surface area contributed by atoms with Crippen LogP contribution in [0.1, 0.15) is 6.42 Å². The SMILES string of the molecule is ClC(Cl)CC(Cl)(Cl)Cl.FC(F)(F)C=CCl. The summed E-state index contributed by atoms with van der Waals surface area (Å²) < 4.78 is 31.3. The lowest BCUT2D eigenvalue weighted by atomic mass is 10.5. The fourth-order valence-corrected chi connectivity index (χ4v) is 1.79. The lowest BCUT2D eigenvalue weighted by molar-refractivity contribution is -0.0796. The number of rotatable bonds is 1. The van der Waals surface area contributed by atoms with E-state index < -0.39 is 14.8 Å². The van der Waals surface area contributed by atoms with Gasteiger partial charge in [-0.1, -0.05) is 46.4 Å². The third-order valence-electron chi connectivity index (χ3n) is 0.638. The van der Waals surface area contributed by atoms with Gasteiger partial charge in [0.05, 0.1) is 0 Å². The molecule has 0 aliphatic heterocycles. The maximum atomic E-state index is 10.9. The highest BCUT2D eigenvalue weighted by atomic mass is 35.6. The Balaban J connectivity index is 0. The monoisotopic (exact) mass is 344 g/mol. The van der Waals surface area contributed by atoms with Crippen molar-refractivity contribution >= 4 is 69.6 Å². The minimum Gasteiger partial charge on any atom is -0.167 e. The highest BCUT2D eigenvalue weighted by molar-refractivity contribution is 6.68. The normalized spacial score (nSPS) is 12.9. The van der Waals surface area contributed by atoms with Crippen LogP contribution in [0.25, 0.3) is 0 Å². The van der Waals surface area contributed by atoms with Gasteiger partial charge in [-0.2, -0.15) is 13.2 Å². The summed E-state index contributed by atoms with van der Waals surface area (Å²) in [5.74, 6) is 0. The largest absolute Gasteiger partial charge is 0.410 e. The molecule has 92 valence electrons. The molecular weight excluding hydrogens is 342 g/mol. The van der Waals surface area contributed by atoms with E-state index in [0.29, 0.717) is 5.54 Å². The minimum atomic E-state index is -4.26. The van der Waals surface area contributed by atoms with Crippen LogP contribution in [0.15, 0.2) is 11.6 Å². The predicted molar refractivity (Wildman–Crippen MR) is 61.4 cm³/mol. The quantitative estimate of drug-likeness (QED) is 0.522. The maximum absolute atomic E-state index is 10.9. The van der Waals surface area contributed by atoms with E-state index >= 15 is 0 Å². The van der Waals surface area contributed by atoms with Gasteiger partial charge in [0.1, 0.15) is 4.84 Å². The number of hydrogen-bond donors (Lipinski definition) is 0. The van der Waals surface area contributed by atoms with Gasteiger partial charge in [0.25, 0.3) is 0 Å². The lowest BCUT2D eigenvalue weighted by Crippen LogP contribution is -2.06. The fraction of sp³-hybridized carbons (Fsp3) is 0.667. The molecule has 0 saturated carbocycles. The molecule has 0 aromatic rings. The van der Waals surface area contributed by atoms with Crippen LogP contribution in [0.4, 0.5) is 13.2 Å². The molecule has 0 aliphatic carbocycles. The Morgan fingerprint density at radius 2 is 1.47 bits per heavy atom. The van der Waals surface area contributed by atoms with Crippen molar-refractivity contribution in [2.45, 2.75) is 21.2 Å². The Hall–Kier alpha value is 1.27. The van der Waals surface area contributed by atoms with Crippen LogP contribution >= 0.6 is 69.6 Å². The molecule has 0 spiro atoms. The molecule has 0 amide bonds. The first kappa shape index (κ1) is 18.6. The Kier molecular flexibility index (Phi) is 10.4. The van der Waals surface area contributed by atoms with Crippen LogP contribution in [-0.4, -0.2) is 14.8 Å². The average molecular weight is 347 g/mol. The third-order valence-corrected chi connectivity index (χ3v) is 1.54. The number of alkyl halides is 8. The van der Waals surface area contributed by atoms with Crippen molar-refractivity contribution in [2.24, 2.45) is 0 Å². The first-order valence-corrected chi connectivity index (χ1v) is 5.62. The van der Waals surface area contributed by atoms with E-state index in [9.17, 15) is 13.2 Å². The van der Waals surface area contributed by atoms with Crippen molar-refractivity contribution in [1.29, 1.82) is 0 Å². The lowest BCUT2D eigenvalue weighted by Gasteiger charge is -2.09. The van der Waals surface area contributed by atoms with Crippen molar-refractivity contribution in [3.05, 3.63) is 11.6 Å². The summed E-state index contributed by atoms with van der Waals surface area (Å²) in [6, 6.07) is 0. The van der Waals surface area contributed by atoms with Crippen LogP contribution in [0, 0.1) is 0 Å². The standard InChI is InChI=1S/C3H3Cl5.C3H2ClF3/c4-2(5)1-3(6,7)8;4-2-1-3(5,6)7/h2H,1H2;1-2H. The molecule has 0 N–H and O–H groups in total. The van der Waals surface area contributed by atoms with Crippen molar-refractivity contribution in [2.75, 3.05) is 0 Å². The van der Waals surface area contributed by atoms with Gasteiger partial charge >= 0.3 is 6.18 Å². The average Bonchev–Trinajstić information content (AvgIpc) is 1.77. The van der Waals surface area contributed by atoms with E-state index in [1.165, 1.54) is 0 Å². The first-order chi connectivity index (χ1) is 6.48. The zero-order valence-corrected chi connectivity index (χ0v) is 11.4. The van der Waals surface area contributed by atoms with Gasteiger partial charge in [-0.25, -0.2) is 0 Å². The molecule has 0 radical (unpaired) electrons. The number of halogens is 9. The fourth-order valence-electron chi connectivity index (χ4n) is 0.246. The number of hydrogen-bond acceptors (Lipinski definition) is 0. The summed E-state index contributed by atoms with van der Waals surface area (Å²) >= 11 is 31.0. The van der Waals surface area contributed by atoms with E-state index in [1.54, 1.807) is 0 Å². The predicted octanol–water partition coefficient (Wildman–Crippen LogP) is 5.85. The van der Waals surface area contributed by atoms with Gasteiger partial charge in [-0.3, -0.25) is 0 Å². The molecule has 0 heterocycles. The Morgan fingerprint density at radius 3 is 1.47 bits per heavy atom. The molecule has 0 bridgehead atoms. The van der Waals surface area contributed by atoms with E-state index in [2.05, 4.69) is 11.6 Å². The Morgan fingerprint density at radius 1 is 1.07 bits per heavy atom. The summed E-state index contributed by atoms with van der Waals surface area (Å²) in [5.41, 5.74) is 0.431. The van der Waals surface area contributed by atoms with Crippen LogP contribution in [0.3, 0.4) is 0 Å². The summed E-state index contributed by atoms with van der Waals surface area (Å²) in [4.78, 5) is -0.609. The highest BCUT2D eigenvalue weighted by Gasteiger charge is 2.22. The second-order valence-corrected chi connectivity index (χ2v) is 6.09. The maximum Gasteiger partial charge on any atom is 0.410 e. The molecule has 0 unspecified atom stereocenters. The first-order valence-electron chi connectivity index (χ1n) is 3.17. The van der Waals surface area contributed by atoms with Crippen LogP contribution in [-0.2, 0) is 0 Å². The number of allylic oxidation sites excluding steroid dienone is 1. The molecule has 0 fully saturated rings. The van der Waals surface area contributed by atoms with Crippen molar-refractivity contribution in [3.63, 3.8) is 0 Å². The third kappa shape index (κ3) is 25.5. The molecule has 0 atom stereocenters. The molecular formula is C6H5Cl6F3. The van der Waals surface area contributed by atoms with Crippen molar-refractivity contribution in [3.8, 4) is 0 Å². The van der Waals surface area contributed by atoms with Crippen LogP contribution in [0.5, 0.6) is 0 Å². The summed E-state index contributed by atoms with van der Waals surface area (Å²) in [7, 11) is 0.